The minimum absolute atomic E-state index is 0.0905. The third kappa shape index (κ3) is 2.59. The van der Waals surface area contributed by atoms with E-state index in [1.807, 2.05) is 24.3 Å². The van der Waals surface area contributed by atoms with E-state index < -0.39 is 0 Å². The number of fused-ring (bicyclic) bond motifs is 1. The lowest BCUT2D eigenvalue weighted by Crippen LogP contribution is -2.21. The summed E-state index contributed by atoms with van der Waals surface area (Å²) in [5.74, 6) is 1.35. The van der Waals surface area contributed by atoms with Crippen molar-refractivity contribution < 1.29 is 14.3 Å². The number of nitrogens with one attached hydrogen (secondary N) is 1. The molecule has 1 aliphatic rings. The van der Waals surface area contributed by atoms with E-state index in [9.17, 15) is 4.79 Å². The second-order valence-electron chi connectivity index (χ2n) is 3.94. The van der Waals surface area contributed by atoms with Crippen molar-refractivity contribution in [3.63, 3.8) is 0 Å². The Bertz CT molecular complexity index is 626. The summed E-state index contributed by atoms with van der Waals surface area (Å²) in [4.78, 5) is 12.6. The Morgan fingerprint density at radius 3 is 3.00 bits per heavy atom. The molecule has 1 amide bonds. The van der Waals surface area contributed by atoms with Crippen molar-refractivity contribution in [2.24, 2.45) is 0 Å². The molecule has 0 aliphatic carbocycles. The Labute approximate surface area is 122 Å². The topological polar surface area (TPSA) is 47.6 Å². The maximum Gasteiger partial charge on any atom is 0.261 e. The van der Waals surface area contributed by atoms with Gasteiger partial charge in [0.1, 0.15) is 0 Å². The van der Waals surface area contributed by atoms with Gasteiger partial charge in [-0.05, 0) is 34.1 Å². The van der Waals surface area contributed by atoms with E-state index in [0.29, 0.717) is 11.4 Å². The van der Waals surface area contributed by atoms with Gasteiger partial charge in [-0.25, -0.2) is 0 Å². The van der Waals surface area contributed by atoms with Crippen molar-refractivity contribution >= 4 is 33.2 Å². The van der Waals surface area contributed by atoms with E-state index in [4.69, 9.17) is 9.47 Å². The van der Waals surface area contributed by atoms with Crippen molar-refractivity contribution in [2.75, 3.05) is 6.79 Å². The lowest BCUT2D eigenvalue weighted by atomic mass is 10.2. The maximum atomic E-state index is 11.9. The molecule has 98 valence electrons. The van der Waals surface area contributed by atoms with Gasteiger partial charge in [-0.2, -0.15) is 0 Å². The van der Waals surface area contributed by atoms with Gasteiger partial charge in [-0.15, -0.1) is 11.3 Å². The van der Waals surface area contributed by atoms with Crippen LogP contribution in [0.2, 0.25) is 0 Å². The molecular weight excluding hydrogens is 330 g/mol. The summed E-state index contributed by atoms with van der Waals surface area (Å²) in [6.45, 7) is 0.652. The van der Waals surface area contributed by atoms with Crippen LogP contribution in [0, 0.1) is 0 Å². The molecule has 1 N–H and O–H groups in total. The molecule has 1 aromatic heterocycles. The molecule has 1 aliphatic heterocycles. The predicted octanol–water partition coefficient (Wildman–Crippen LogP) is 3.17. The largest absolute Gasteiger partial charge is 0.454 e. The second-order valence-corrected chi connectivity index (χ2v) is 6.40. The number of carbonyl (C=O) groups is 1. The molecule has 19 heavy (non-hydrogen) atoms. The molecule has 0 bridgehead atoms. The summed E-state index contributed by atoms with van der Waals surface area (Å²) >= 11 is 4.74. The van der Waals surface area contributed by atoms with Crippen LogP contribution in [0.1, 0.15) is 15.2 Å². The van der Waals surface area contributed by atoms with Gasteiger partial charge in [0.25, 0.3) is 5.91 Å². The van der Waals surface area contributed by atoms with Crippen LogP contribution < -0.4 is 14.8 Å². The first-order valence-corrected chi connectivity index (χ1v) is 7.26. The third-order valence-electron chi connectivity index (χ3n) is 2.71. The third-order valence-corrected chi connectivity index (χ3v) is 4.34. The Hall–Kier alpha value is -1.53. The first kappa shape index (κ1) is 12.5. The highest BCUT2D eigenvalue weighted by Crippen LogP contribution is 2.35. The number of para-hydroxylation sites is 1. The van der Waals surface area contributed by atoms with Crippen LogP contribution in [0.25, 0.3) is 0 Å². The van der Waals surface area contributed by atoms with Crippen molar-refractivity contribution in [3.05, 3.63) is 44.6 Å². The van der Waals surface area contributed by atoms with Crippen LogP contribution in [-0.4, -0.2) is 12.7 Å². The van der Waals surface area contributed by atoms with Gasteiger partial charge < -0.3 is 14.8 Å². The second kappa shape index (κ2) is 5.22. The van der Waals surface area contributed by atoms with E-state index in [2.05, 4.69) is 21.2 Å². The van der Waals surface area contributed by atoms with E-state index >= 15 is 0 Å². The molecule has 0 saturated carbocycles. The van der Waals surface area contributed by atoms with Gasteiger partial charge in [-0.3, -0.25) is 4.79 Å². The van der Waals surface area contributed by atoms with Crippen LogP contribution in [0.3, 0.4) is 0 Å². The van der Waals surface area contributed by atoms with Crippen molar-refractivity contribution in [1.82, 2.24) is 5.32 Å². The van der Waals surface area contributed by atoms with Crippen molar-refractivity contribution in [1.29, 1.82) is 0 Å². The van der Waals surface area contributed by atoms with Crippen LogP contribution in [0.4, 0.5) is 0 Å². The van der Waals surface area contributed by atoms with Crippen LogP contribution in [0.15, 0.2) is 34.1 Å². The van der Waals surface area contributed by atoms with Gasteiger partial charge in [0, 0.05) is 12.1 Å². The molecule has 0 saturated heterocycles. The molecule has 3 rings (SSSR count). The molecular formula is C13H10BrNO3S. The number of rotatable bonds is 3. The molecule has 0 spiro atoms. The Morgan fingerprint density at radius 1 is 1.32 bits per heavy atom. The van der Waals surface area contributed by atoms with Gasteiger partial charge >= 0.3 is 0 Å². The fraction of sp³-hybridized carbons (Fsp3) is 0.154. The van der Waals surface area contributed by atoms with Crippen molar-refractivity contribution in [3.8, 4) is 11.5 Å². The summed E-state index contributed by atoms with van der Waals surface area (Å²) in [5.41, 5.74) is 0.916. The highest BCUT2D eigenvalue weighted by atomic mass is 79.9. The number of amides is 1. The van der Waals surface area contributed by atoms with Crippen LogP contribution in [-0.2, 0) is 6.54 Å². The zero-order chi connectivity index (χ0) is 13.2. The van der Waals surface area contributed by atoms with Crippen molar-refractivity contribution in [2.45, 2.75) is 6.54 Å². The lowest BCUT2D eigenvalue weighted by molar-refractivity contribution is 0.0954. The zero-order valence-electron chi connectivity index (χ0n) is 9.81. The first-order valence-electron chi connectivity index (χ1n) is 5.65. The number of thiophene rings is 1. The minimum Gasteiger partial charge on any atom is -0.454 e. The highest BCUT2D eigenvalue weighted by molar-refractivity contribution is 9.11. The SMILES string of the molecule is O=C(NCc1cccc2c1OCO2)c1ccc(Br)s1. The maximum absolute atomic E-state index is 11.9. The highest BCUT2D eigenvalue weighted by Gasteiger charge is 2.17. The first-order chi connectivity index (χ1) is 9.24. The summed E-state index contributed by atoms with van der Waals surface area (Å²) in [5, 5.41) is 2.87. The predicted molar refractivity (Wildman–Crippen MR) is 75.8 cm³/mol. The fourth-order valence-corrected chi connectivity index (χ4v) is 3.13. The minimum atomic E-state index is -0.0905. The number of hydrogen-bond donors (Lipinski definition) is 1. The number of hydrogen-bond acceptors (Lipinski definition) is 4. The van der Waals surface area contributed by atoms with E-state index in [1.54, 1.807) is 6.07 Å². The molecule has 0 unspecified atom stereocenters. The molecule has 6 heteroatoms. The summed E-state index contributed by atoms with van der Waals surface area (Å²) in [6, 6.07) is 9.30. The van der Waals surface area contributed by atoms with Gasteiger partial charge in [0.15, 0.2) is 11.5 Å². The summed E-state index contributed by atoms with van der Waals surface area (Å²) in [6.07, 6.45) is 0. The van der Waals surface area contributed by atoms with E-state index in [0.717, 1.165) is 20.8 Å². The zero-order valence-corrected chi connectivity index (χ0v) is 12.2. The molecule has 1 aromatic carbocycles. The average molecular weight is 340 g/mol. The molecule has 4 nitrogen and oxygen atoms in total. The van der Waals surface area contributed by atoms with Gasteiger partial charge in [0.05, 0.1) is 8.66 Å². The fourth-order valence-electron chi connectivity index (χ4n) is 1.83. The number of ether oxygens (including phenoxy) is 2. The number of halogens is 1. The molecule has 2 aromatic rings. The normalized spacial score (nSPS) is 12.5. The molecule has 0 atom stereocenters. The lowest BCUT2D eigenvalue weighted by Gasteiger charge is -2.06. The summed E-state index contributed by atoms with van der Waals surface area (Å²) in [7, 11) is 0. The standard InChI is InChI=1S/C13H10BrNO3S/c14-11-5-4-10(19-11)13(16)15-6-8-2-1-3-9-12(8)18-7-17-9/h1-5H,6-7H2,(H,15,16). The number of benzene rings is 1. The molecule has 0 radical (unpaired) electrons. The Morgan fingerprint density at radius 2 is 2.21 bits per heavy atom. The number of carbonyl (C=O) groups excluding carboxylic acids is 1. The van der Waals surface area contributed by atoms with Gasteiger partial charge in [0.2, 0.25) is 6.79 Å². The smallest absolute Gasteiger partial charge is 0.261 e. The van der Waals surface area contributed by atoms with E-state index in [-0.39, 0.29) is 12.7 Å². The van der Waals surface area contributed by atoms with Crippen LogP contribution in [0.5, 0.6) is 11.5 Å². The average Bonchev–Trinajstić information content (AvgIpc) is 3.04. The Kier molecular flexibility index (Phi) is 3.44. The van der Waals surface area contributed by atoms with E-state index in [1.165, 1.54) is 11.3 Å². The summed E-state index contributed by atoms with van der Waals surface area (Å²) < 4.78 is 11.6. The molecule has 0 fully saturated rings. The monoisotopic (exact) mass is 339 g/mol. The molecule has 2 heterocycles. The van der Waals surface area contributed by atoms with Crippen LogP contribution >= 0.6 is 27.3 Å². The van der Waals surface area contributed by atoms with Gasteiger partial charge in [-0.1, -0.05) is 12.1 Å². The quantitative estimate of drug-likeness (QED) is 0.934. The Balaban J connectivity index is 1.70.